The van der Waals surface area contributed by atoms with Gasteiger partial charge in [-0.2, -0.15) is 0 Å². The largest absolute Gasteiger partial charge is 0.256 e. The second kappa shape index (κ2) is 7.62. The molecule has 0 saturated carbocycles. The van der Waals surface area contributed by atoms with Gasteiger partial charge in [0.2, 0.25) is 0 Å². The molecule has 0 amide bonds. The highest BCUT2D eigenvalue weighted by Crippen LogP contribution is 2.41. The minimum Gasteiger partial charge on any atom is -0.256 e. The Balaban J connectivity index is 1.67. The van der Waals surface area contributed by atoms with Gasteiger partial charge >= 0.3 is 0 Å². The molecular formula is C29H27NS. The molecule has 0 radical (unpaired) electrons. The first kappa shape index (κ1) is 20.0. The molecule has 0 atom stereocenters. The minimum absolute atomic E-state index is 0.0842. The SMILES string of the molecule is CC(C)c1ccc2sc3c(-c4cc(C(C)(C)c5ccccc5)ccn4)cccc3c2c1. The summed E-state index contributed by atoms with van der Waals surface area (Å²) in [5, 5.41) is 2.68. The number of hydrogen-bond donors (Lipinski definition) is 0. The summed E-state index contributed by atoms with van der Waals surface area (Å²) in [6.45, 7) is 9.08. The predicted octanol–water partition coefficient (Wildman–Crippen LogP) is 8.57. The lowest BCUT2D eigenvalue weighted by atomic mass is 9.78. The number of fused-ring (bicyclic) bond motifs is 3. The van der Waals surface area contributed by atoms with E-state index < -0.39 is 0 Å². The molecule has 5 aromatic rings. The van der Waals surface area contributed by atoms with Crippen LogP contribution in [0.3, 0.4) is 0 Å². The maximum Gasteiger partial charge on any atom is 0.0719 e. The number of hydrogen-bond acceptors (Lipinski definition) is 2. The van der Waals surface area contributed by atoms with Crippen LogP contribution in [0, 0.1) is 0 Å². The molecule has 0 fully saturated rings. The molecule has 0 aliphatic rings. The van der Waals surface area contributed by atoms with E-state index in [0.29, 0.717) is 5.92 Å². The van der Waals surface area contributed by atoms with E-state index in [0.717, 1.165) is 5.69 Å². The third kappa shape index (κ3) is 3.45. The summed E-state index contributed by atoms with van der Waals surface area (Å²) >= 11 is 1.87. The van der Waals surface area contributed by atoms with Gasteiger partial charge in [-0.3, -0.25) is 4.98 Å². The molecule has 154 valence electrons. The first-order chi connectivity index (χ1) is 14.9. The number of benzene rings is 3. The van der Waals surface area contributed by atoms with E-state index in [1.54, 1.807) is 0 Å². The molecule has 0 spiro atoms. The van der Waals surface area contributed by atoms with Crippen LogP contribution in [0.15, 0.2) is 85.1 Å². The molecule has 1 nitrogen and oxygen atoms in total. The number of pyridine rings is 1. The molecule has 0 aliphatic carbocycles. The number of thiophene rings is 1. The van der Waals surface area contributed by atoms with Crippen molar-refractivity contribution in [2.45, 2.75) is 39.0 Å². The lowest BCUT2D eigenvalue weighted by Crippen LogP contribution is -2.18. The Morgan fingerprint density at radius 3 is 2.35 bits per heavy atom. The maximum absolute atomic E-state index is 4.79. The fourth-order valence-corrected chi connectivity index (χ4v) is 5.57. The van der Waals surface area contributed by atoms with Crippen molar-refractivity contribution in [2.75, 3.05) is 0 Å². The van der Waals surface area contributed by atoms with Crippen molar-refractivity contribution in [3.63, 3.8) is 0 Å². The molecule has 2 aromatic heterocycles. The van der Waals surface area contributed by atoms with Crippen LogP contribution in [0.4, 0.5) is 0 Å². The van der Waals surface area contributed by atoms with Gasteiger partial charge < -0.3 is 0 Å². The minimum atomic E-state index is -0.0842. The van der Waals surface area contributed by atoms with Crippen molar-refractivity contribution in [2.24, 2.45) is 0 Å². The monoisotopic (exact) mass is 421 g/mol. The van der Waals surface area contributed by atoms with Crippen LogP contribution in [0.2, 0.25) is 0 Å². The highest BCUT2D eigenvalue weighted by atomic mass is 32.1. The van der Waals surface area contributed by atoms with Crippen molar-refractivity contribution in [1.82, 2.24) is 4.98 Å². The van der Waals surface area contributed by atoms with E-state index in [2.05, 4.69) is 107 Å². The van der Waals surface area contributed by atoms with E-state index in [4.69, 9.17) is 4.98 Å². The van der Waals surface area contributed by atoms with Crippen molar-refractivity contribution in [1.29, 1.82) is 0 Å². The van der Waals surface area contributed by atoms with Crippen LogP contribution >= 0.6 is 11.3 Å². The van der Waals surface area contributed by atoms with Crippen molar-refractivity contribution >= 4 is 31.5 Å². The van der Waals surface area contributed by atoms with Crippen LogP contribution in [-0.4, -0.2) is 4.98 Å². The standard InChI is InChI=1S/C29H27NS/c1-19(2)20-13-14-27-25(17-20)23-11-8-12-24(28(23)31-27)26-18-22(15-16-30-26)29(3,4)21-9-6-5-7-10-21/h5-19H,1-4H3. The van der Waals surface area contributed by atoms with Gasteiger partial charge in [0.25, 0.3) is 0 Å². The average Bonchev–Trinajstić information content (AvgIpc) is 3.18. The fraction of sp³-hybridized carbons (Fsp3) is 0.207. The zero-order chi connectivity index (χ0) is 21.6. The van der Waals surface area contributed by atoms with Crippen molar-refractivity contribution in [3.8, 4) is 11.3 Å². The molecule has 31 heavy (non-hydrogen) atoms. The van der Waals surface area contributed by atoms with E-state index in [-0.39, 0.29) is 5.41 Å². The fourth-order valence-electron chi connectivity index (χ4n) is 4.37. The molecule has 0 N–H and O–H groups in total. The summed E-state index contributed by atoms with van der Waals surface area (Å²) in [6, 6.07) is 28.7. The third-order valence-corrected chi connectivity index (χ3v) is 7.66. The van der Waals surface area contributed by atoms with E-state index in [1.807, 2.05) is 17.5 Å². The molecule has 2 heteroatoms. The zero-order valence-corrected chi connectivity index (χ0v) is 19.3. The molecule has 0 bridgehead atoms. The Kier molecular flexibility index (Phi) is 4.91. The Hall–Kier alpha value is -2.97. The Labute approximate surface area is 188 Å². The van der Waals surface area contributed by atoms with Crippen LogP contribution in [0.5, 0.6) is 0 Å². The lowest BCUT2D eigenvalue weighted by Gasteiger charge is -2.26. The van der Waals surface area contributed by atoms with Gasteiger partial charge in [-0.1, -0.05) is 82.3 Å². The van der Waals surface area contributed by atoms with Crippen LogP contribution in [0.25, 0.3) is 31.4 Å². The van der Waals surface area contributed by atoms with Crippen LogP contribution < -0.4 is 0 Å². The van der Waals surface area contributed by atoms with E-state index in [1.165, 1.54) is 42.4 Å². The number of rotatable bonds is 4. The summed E-state index contributed by atoms with van der Waals surface area (Å²) in [5.41, 5.74) is 6.16. The smallest absolute Gasteiger partial charge is 0.0719 e. The van der Waals surface area contributed by atoms with Gasteiger partial charge in [0, 0.05) is 37.3 Å². The molecule has 5 rings (SSSR count). The highest BCUT2D eigenvalue weighted by molar-refractivity contribution is 7.26. The summed E-state index contributed by atoms with van der Waals surface area (Å²) < 4.78 is 2.66. The highest BCUT2D eigenvalue weighted by Gasteiger charge is 2.24. The van der Waals surface area contributed by atoms with E-state index in [9.17, 15) is 0 Å². The topological polar surface area (TPSA) is 12.9 Å². The number of aromatic nitrogens is 1. The first-order valence-electron chi connectivity index (χ1n) is 10.9. The normalized spacial score (nSPS) is 12.2. The summed E-state index contributed by atoms with van der Waals surface area (Å²) in [7, 11) is 0. The summed E-state index contributed by atoms with van der Waals surface area (Å²) in [4.78, 5) is 4.79. The Morgan fingerprint density at radius 1 is 0.774 bits per heavy atom. The van der Waals surface area contributed by atoms with Gasteiger partial charge in [-0.25, -0.2) is 0 Å². The molecular weight excluding hydrogens is 394 g/mol. The van der Waals surface area contributed by atoms with Crippen LogP contribution in [0.1, 0.15) is 50.3 Å². The molecule has 2 heterocycles. The van der Waals surface area contributed by atoms with Gasteiger partial charge in [-0.05, 0) is 46.9 Å². The second-order valence-corrected chi connectivity index (χ2v) is 10.2. The second-order valence-electron chi connectivity index (χ2n) is 9.12. The summed E-state index contributed by atoms with van der Waals surface area (Å²) in [6.07, 6.45) is 1.96. The van der Waals surface area contributed by atoms with Gasteiger partial charge in [0.15, 0.2) is 0 Å². The third-order valence-electron chi connectivity index (χ3n) is 6.44. The average molecular weight is 422 g/mol. The number of nitrogens with zero attached hydrogens (tertiary/aromatic N) is 1. The van der Waals surface area contributed by atoms with Crippen molar-refractivity contribution < 1.29 is 0 Å². The summed E-state index contributed by atoms with van der Waals surface area (Å²) in [5.74, 6) is 0.529. The van der Waals surface area contributed by atoms with Gasteiger partial charge in [0.1, 0.15) is 0 Å². The lowest BCUT2D eigenvalue weighted by molar-refractivity contribution is 0.640. The van der Waals surface area contributed by atoms with Gasteiger partial charge in [0.05, 0.1) is 5.69 Å². The van der Waals surface area contributed by atoms with E-state index >= 15 is 0 Å². The van der Waals surface area contributed by atoms with Gasteiger partial charge in [-0.15, -0.1) is 11.3 Å². The predicted molar refractivity (Wildman–Crippen MR) is 135 cm³/mol. The quantitative estimate of drug-likeness (QED) is 0.283. The molecule has 0 unspecified atom stereocenters. The molecule has 3 aromatic carbocycles. The first-order valence-corrected chi connectivity index (χ1v) is 11.7. The molecule has 0 saturated heterocycles. The Morgan fingerprint density at radius 2 is 1.58 bits per heavy atom. The van der Waals surface area contributed by atoms with Crippen molar-refractivity contribution in [3.05, 3.63) is 102 Å². The van der Waals surface area contributed by atoms with Crippen LogP contribution in [-0.2, 0) is 5.41 Å². The zero-order valence-electron chi connectivity index (χ0n) is 18.5. The maximum atomic E-state index is 4.79. The molecule has 0 aliphatic heterocycles. The Bertz CT molecular complexity index is 1380.